The van der Waals surface area contributed by atoms with Gasteiger partial charge in [-0.15, -0.1) is 11.3 Å². The number of aryl methyl sites for hydroxylation is 1. The standard InChI is InChI=1S/C18H14Cl2N2O3S/c1-3-25-18(24)15-9(2)14-16(23)21-13(22-17(14)26-15)7-5-10-4-6-11(19)8-12(10)20/h4-8H,3H2,1-2H3,(H,21,22,23). The third kappa shape index (κ3) is 3.67. The zero-order valence-corrected chi connectivity index (χ0v) is 16.3. The van der Waals surface area contributed by atoms with Crippen LogP contribution in [0.5, 0.6) is 0 Å². The Balaban J connectivity index is 2.02. The van der Waals surface area contributed by atoms with E-state index in [1.807, 2.05) is 0 Å². The van der Waals surface area contributed by atoms with Crippen LogP contribution in [0.1, 0.15) is 33.5 Å². The summed E-state index contributed by atoms with van der Waals surface area (Å²) in [7, 11) is 0. The lowest BCUT2D eigenvalue weighted by atomic mass is 10.2. The molecule has 0 atom stereocenters. The van der Waals surface area contributed by atoms with Gasteiger partial charge in [0.25, 0.3) is 5.56 Å². The molecule has 2 aromatic heterocycles. The molecule has 0 aliphatic carbocycles. The molecule has 0 amide bonds. The first-order valence-corrected chi connectivity index (χ1v) is 9.31. The van der Waals surface area contributed by atoms with E-state index < -0.39 is 5.97 Å². The van der Waals surface area contributed by atoms with Crippen LogP contribution in [0.2, 0.25) is 10.0 Å². The number of benzene rings is 1. The molecule has 2 heterocycles. The number of ether oxygens (including phenoxy) is 1. The molecule has 3 aromatic rings. The second-order valence-corrected chi connectivity index (χ2v) is 7.25. The number of rotatable bonds is 4. The Morgan fingerprint density at radius 3 is 2.81 bits per heavy atom. The molecule has 0 radical (unpaired) electrons. The monoisotopic (exact) mass is 408 g/mol. The number of fused-ring (bicyclic) bond motifs is 1. The molecule has 3 rings (SSSR count). The predicted molar refractivity (Wildman–Crippen MR) is 106 cm³/mol. The zero-order valence-electron chi connectivity index (χ0n) is 13.9. The van der Waals surface area contributed by atoms with Gasteiger partial charge >= 0.3 is 5.97 Å². The number of hydrogen-bond acceptors (Lipinski definition) is 5. The molecule has 1 aromatic carbocycles. The average molecular weight is 409 g/mol. The molecule has 0 saturated heterocycles. The van der Waals surface area contributed by atoms with E-state index in [4.69, 9.17) is 27.9 Å². The van der Waals surface area contributed by atoms with Gasteiger partial charge in [0, 0.05) is 10.0 Å². The lowest BCUT2D eigenvalue weighted by Gasteiger charge is -1.99. The smallest absolute Gasteiger partial charge is 0.348 e. The summed E-state index contributed by atoms with van der Waals surface area (Å²) in [4.78, 5) is 32.4. The number of hydrogen-bond donors (Lipinski definition) is 1. The van der Waals surface area contributed by atoms with Gasteiger partial charge < -0.3 is 9.72 Å². The highest BCUT2D eigenvalue weighted by atomic mass is 35.5. The van der Waals surface area contributed by atoms with Gasteiger partial charge in [-0.05, 0) is 49.3 Å². The summed E-state index contributed by atoms with van der Waals surface area (Å²) in [6.07, 6.45) is 3.38. The van der Waals surface area contributed by atoms with Gasteiger partial charge in [0.15, 0.2) is 0 Å². The molecule has 5 nitrogen and oxygen atoms in total. The number of aromatic nitrogens is 2. The number of H-pyrrole nitrogens is 1. The topological polar surface area (TPSA) is 72.0 Å². The van der Waals surface area contributed by atoms with E-state index in [1.54, 1.807) is 44.2 Å². The van der Waals surface area contributed by atoms with Crippen molar-refractivity contribution >= 4 is 62.9 Å². The zero-order chi connectivity index (χ0) is 18.8. The van der Waals surface area contributed by atoms with E-state index in [-0.39, 0.29) is 12.2 Å². The quantitative estimate of drug-likeness (QED) is 0.619. The lowest BCUT2D eigenvalue weighted by Crippen LogP contribution is -2.10. The summed E-state index contributed by atoms with van der Waals surface area (Å²) >= 11 is 13.2. The highest BCUT2D eigenvalue weighted by molar-refractivity contribution is 7.20. The van der Waals surface area contributed by atoms with Crippen molar-refractivity contribution in [3.63, 3.8) is 0 Å². The second kappa shape index (κ2) is 7.61. The highest BCUT2D eigenvalue weighted by Crippen LogP contribution is 2.28. The molecule has 0 aliphatic rings. The molecule has 26 heavy (non-hydrogen) atoms. The van der Waals surface area contributed by atoms with E-state index in [9.17, 15) is 9.59 Å². The van der Waals surface area contributed by atoms with Crippen LogP contribution in [0, 0.1) is 6.92 Å². The summed E-state index contributed by atoms with van der Waals surface area (Å²) in [6.45, 7) is 3.72. The van der Waals surface area contributed by atoms with Crippen molar-refractivity contribution in [2.24, 2.45) is 0 Å². The Labute approximate surface area is 163 Å². The van der Waals surface area contributed by atoms with E-state index in [1.165, 1.54) is 0 Å². The largest absolute Gasteiger partial charge is 0.462 e. The molecule has 0 saturated carbocycles. The molecule has 8 heteroatoms. The number of aromatic amines is 1. The lowest BCUT2D eigenvalue weighted by molar-refractivity contribution is 0.0531. The summed E-state index contributed by atoms with van der Waals surface area (Å²) in [5.74, 6) is -0.0809. The van der Waals surface area contributed by atoms with Gasteiger partial charge in [-0.2, -0.15) is 0 Å². The molecule has 1 N–H and O–H groups in total. The van der Waals surface area contributed by atoms with Gasteiger partial charge in [-0.1, -0.05) is 29.3 Å². The first-order chi connectivity index (χ1) is 12.4. The third-order valence-electron chi connectivity index (χ3n) is 3.66. The van der Waals surface area contributed by atoms with Crippen molar-refractivity contribution in [1.82, 2.24) is 9.97 Å². The maximum atomic E-state index is 12.4. The van der Waals surface area contributed by atoms with Crippen LogP contribution in [0.4, 0.5) is 0 Å². The average Bonchev–Trinajstić information content (AvgIpc) is 2.91. The number of carbonyl (C=O) groups excluding carboxylic acids is 1. The Hall–Kier alpha value is -2.15. The van der Waals surface area contributed by atoms with Gasteiger partial charge in [0.1, 0.15) is 15.5 Å². The Morgan fingerprint density at radius 2 is 2.12 bits per heavy atom. The molecule has 0 spiro atoms. The number of carbonyl (C=O) groups is 1. The number of esters is 1. The number of halogens is 2. The Kier molecular flexibility index (Phi) is 5.46. The first-order valence-electron chi connectivity index (χ1n) is 7.74. The van der Waals surface area contributed by atoms with Crippen LogP contribution in [0.15, 0.2) is 23.0 Å². The Morgan fingerprint density at radius 1 is 1.35 bits per heavy atom. The summed E-state index contributed by atoms with van der Waals surface area (Å²) < 4.78 is 5.03. The van der Waals surface area contributed by atoms with Gasteiger partial charge in [-0.3, -0.25) is 4.79 Å². The fourth-order valence-electron chi connectivity index (χ4n) is 2.44. The van der Waals surface area contributed by atoms with Crippen molar-refractivity contribution in [1.29, 1.82) is 0 Å². The van der Waals surface area contributed by atoms with Crippen LogP contribution in [0.25, 0.3) is 22.4 Å². The fraction of sp³-hybridized carbons (Fsp3) is 0.167. The molecule has 0 aliphatic heterocycles. The maximum Gasteiger partial charge on any atom is 0.348 e. The molecular weight excluding hydrogens is 395 g/mol. The minimum absolute atomic E-state index is 0.270. The van der Waals surface area contributed by atoms with Crippen LogP contribution in [-0.2, 0) is 4.74 Å². The predicted octanol–water partition coefficient (Wildman–Crippen LogP) is 4.95. The van der Waals surface area contributed by atoms with Crippen LogP contribution in [0.3, 0.4) is 0 Å². The summed E-state index contributed by atoms with van der Waals surface area (Å²) in [5.41, 5.74) is 1.02. The molecule has 0 unspecified atom stereocenters. The fourth-order valence-corrected chi connectivity index (χ4v) is 3.99. The van der Waals surface area contributed by atoms with Crippen molar-refractivity contribution in [3.8, 4) is 0 Å². The molecule has 0 bridgehead atoms. The minimum Gasteiger partial charge on any atom is -0.462 e. The third-order valence-corrected chi connectivity index (χ3v) is 5.39. The highest BCUT2D eigenvalue weighted by Gasteiger charge is 2.19. The van der Waals surface area contributed by atoms with Gasteiger partial charge in [-0.25, -0.2) is 9.78 Å². The van der Waals surface area contributed by atoms with Crippen molar-refractivity contribution in [2.75, 3.05) is 6.61 Å². The van der Waals surface area contributed by atoms with E-state index in [0.29, 0.717) is 36.5 Å². The van der Waals surface area contributed by atoms with Crippen molar-refractivity contribution < 1.29 is 9.53 Å². The molecule has 134 valence electrons. The Bertz CT molecular complexity index is 1090. The normalized spacial score (nSPS) is 11.4. The van der Waals surface area contributed by atoms with Gasteiger partial charge in [0.05, 0.1) is 12.0 Å². The number of nitrogens with one attached hydrogen (secondary N) is 1. The molecule has 0 fully saturated rings. The summed E-state index contributed by atoms with van der Waals surface area (Å²) in [5, 5.41) is 1.44. The summed E-state index contributed by atoms with van der Waals surface area (Å²) in [6, 6.07) is 5.13. The van der Waals surface area contributed by atoms with E-state index in [0.717, 1.165) is 16.9 Å². The first kappa shape index (κ1) is 18.6. The minimum atomic E-state index is -0.447. The maximum absolute atomic E-state index is 12.4. The van der Waals surface area contributed by atoms with Gasteiger partial charge in [0.2, 0.25) is 0 Å². The SMILES string of the molecule is CCOC(=O)c1sc2nc(C=Cc3ccc(Cl)cc3Cl)[nH]c(=O)c2c1C. The van der Waals surface area contributed by atoms with Crippen LogP contribution >= 0.6 is 34.5 Å². The molecular formula is C18H14Cl2N2O3S. The number of thiophene rings is 1. The second-order valence-electron chi connectivity index (χ2n) is 5.41. The van der Waals surface area contributed by atoms with Crippen molar-refractivity contribution in [2.45, 2.75) is 13.8 Å². The number of nitrogens with zero attached hydrogens (tertiary/aromatic N) is 1. The van der Waals surface area contributed by atoms with E-state index in [2.05, 4.69) is 9.97 Å². The van der Waals surface area contributed by atoms with Crippen molar-refractivity contribution in [3.05, 3.63) is 60.4 Å². The van der Waals surface area contributed by atoms with Crippen LogP contribution in [-0.4, -0.2) is 22.5 Å². The van der Waals surface area contributed by atoms with Crippen LogP contribution < -0.4 is 5.56 Å². The van der Waals surface area contributed by atoms with E-state index >= 15 is 0 Å².